The van der Waals surface area contributed by atoms with Crippen LogP contribution in [0.1, 0.15) is 34.8 Å². The molecule has 3 aromatic carbocycles. The molecule has 1 saturated heterocycles. The summed E-state index contributed by atoms with van der Waals surface area (Å²) in [6.07, 6.45) is 1.65. The van der Waals surface area contributed by atoms with Crippen molar-refractivity contribution in [3.63, 3.8) is 0 Å². The molecule has 192 valence electrons. The van der Waals surface area contributed by atoms with Gasteiger partial charge in [-0.2, -0.15) is 0 Å². The van der Waals surface area contributed by atoms with E-state index >= 15 is 0 Å². The van der Waals surface area contributed by atoms with Crippen LogP contribution < -0.4 is 4.74 Å². The van der Waals surface area contributed by atoms with Crippen molar-refractivity contribution in [2.45, 2.75) is 18.8 Å². The van der Waals surface area contributed by atoms with E-state index in [1.807, 2.05) is 30.3 Å². The molecule has 1 aliphatic heterocycles. The summed E-state index contributed by atoms with van der Waals surface area (Å²) in [7, 11) is 2.94. The predicted molar refractivity (Wildman–Crippen MR) is 140 cm³/mol. The summed E-state index contributed by atoms with van der Waals surface area (Å²) in [5.74, 6) is -0.0527. The van der Waals surface area contributed by atoms with E-state index in [2.05, 4.69) is 4.57 Å². The van der Waals surface area contributed by atoms with Crippen molar-refractivity contribution in [2.75, 3.05) is 34.2 Å². The minimum Gasteiger partial charge on any atom is -0.467 e. The average molecular weight is 524 g/mol. The number of esters is 1. The number of hydrogen-bond donors (Lipinski definition) is 0. The monoisotopic (exact) mass is 523 g/mol. The second kappa shape index (κ2) is 10.9. The molecule has 4 aromatic rings. The van der Waals surface area contributed by atoms with Crippen molar-refractivity contribution >= 4 is 28.5 Å². The Bertz CT molecular complexity index is 1430. The van der Waals surface area contributed by atoms with Crippen molar-refractivity contribution in [3.05, 3.63) is 82.8 Å². The van der Waals surface area contributed by atoms with E-state index in [0.717, 1.165) is 46.3 Å². The molecule has 1 fully saturated rings. The van der Waals surface area contributed by atoms with Crippen molar-refractivity contribution in [1.29, 1.82) is 0 Å². The minimum atomic E-state index is -0.475. The number of carbonyl (C=O) groups is 1. The third-order valence-corrected chi connectivity index (χ3v) is 6.98. The van der Waals surface area contributed by atoms with Crippen LogP contribution in [0.4, 0.5) is 4.39 Å². The van der Waals surface area contributed by atoms with Gasteiger partial charge in [-0.3, -0.25) is 0 Å². The maximum Gasteiger partial charge on any atom is 0.337 e. The zero-order valence-corrected chi connectivity index (χ0v) is 21.4. The Labute approximate surface area is 219 Å². The van der Waals surface area contributed by atoms with Crippen LogP contribution in [-0.2, 0) is 14.2 Å². The Kier molecular flexibility index (Phi) is 7.46. The minimum absolute atomic E-state index is 0.0491. The van der Waals surface area contributed by atoms with Crippen molar-refractivity contribution in [1.82, 2.24) is 4.57 Å². The lowest BCUT2D eigenvalue weighted by Crippen LogP contribution is -2.17. The van der Waals surface area contributed by atoms with Gasteiger partial charge in [-0.25, -0.2) is 9.18 Å². The van der Waals surface area contributed by atoms with E-state index in [1.165, 1.54) is 13.2 Å². The van der Waals surface area contributed by atoms with Gasteiger partial charge in [-0.1, -0.05) is 29.8 Å². The van der Waals surface area contributed by atoms with Crippen LogP contribution in [0.25, 0.3) is 27.7 Å². The van der Waals surface area contributed by atoms with Gasteiger partial charge in [0.2, 0.25) is 0 Å². The van der Waals surface area contributed by atoms with Crippen molar-refractivity contribution < 1.29 is 28.1 Å². The summed E-state index contributed by atoms with van der Waals surface area (Å²) < 4.78 is 38.1. The average Bonchev–Trinajstić information content (AvgIpc) is 3.29. The maximum atomic E-state index is 14.2. The Balaban J connectivity index is 1.84. The molecule has 0 saturated carbocycles. The summed E-state index contributed by atoms with van der Waals surface area (Å²) in [6.45, 7) is 1.37. The number of methoxy groups -OCH3 is 2. The van der Waals surface area contributed by atoms with Crippen LogP contribution in [0.15, 0.2) is 60.7 Å². The molecule has 5 rings (SSSR count). The highest BCUT2D eigenvalue weighted by molar-refractivity contribution is 6.30. The maximum absolute atomic E-state index is 14.2. The fraction of sp³-hybridized carbons (Fsp3) is 0.276. The third-order valence-electron chi connectivity index (χ3n) is 6.69. The van der Waals surface area contributed by atoms with Crippen LogP contribution in [-0.4, -0.2) is 44.8 Å². The summed E-state index contributed by atoms with van der Waals surface area (Å²) in [6, 6.07) is 17.9. The normalized spacial score (nSPS) is 14.2. The molecular weight excluding hydrogens is 497 g/mol. The summed E-state index contributed by atoms with van der Waals surface area (Å²) in [4.78, 5) is 12.1. The Morgan fingerprint density at radius 3 is 2.51 bits per heavy atom. The second-order valence-corrected chi connectivity index (χ2v) is 9.26. The van der Waals surface area contributed by atoms with E-state index < -0.39 is 11.8 Å². The molecule has 6 nitrogen and oxygen atoms in total. The van der Waals surface area contributed by atoms with E-state index in [4.69, 9.17) is 30.5 Å². The highest BCUT2D eigenvalue weighted by Gasteiger charge is 2.29. The molecule has 0 spiro atoms. The number of rotatable bonds is 7. The van der Waals surface area contributed by atoms with Gasteiger partial charge < -0.3 is 23.5 Å². The molecule has 0 radical (unpaired) electrons. The van der Waals surface area contributed by atoms with Gasteiger partial charge in [-0.05, 0) is 60.9 Å². The first-order valence-electron chi connectivity index (χ1n) is 12.0. The highest BCUT2D eigenvalue weighted by atomic mass is 35.5. The standard InChI is InChI=1S/C29H27ClFNO5/c1-34-17-37-25-5-3-4-24-27(25)26(18-6-8-20(9-7-18)29(33)35-2)28(19-12-14-36-15-13-19)32(24)21-10-11-23(31)22(30)16-21/h3-11,16,19H,12-15,17H2,1-2H3. The van der Waals surface area contributed by atoms with Gasteiger partial charge in [-0.15, -0.1) is 0 Å². The van der Waals surface area contributed by atoms with Crippen LogP contribution in [0.2, 0.25) is 5.02 Å². The van der Waals surface area contributed by atoms with Crippen molar-refractivity contribution in [3.8, 4) is 22.6 Å². The molecular formula is C29H27ClFNO5. The second-order valence-electron chi connectivity index (χ2n) is 8.85. The smallest absolute Gasteiger partial charge is 0.337 e. The lowest BCUT2D eigenvalue weighted by molar-refractivity contribution is 0.0522. The molecule has 0 atom stereocenters. The third kappa shape index (κ3) is 4.82. The topological polar surface area (TPSA) is 58.9 Å². The van der Waals surface area contributed by atoms with Crippen LogP contribution >= 0.6 is 11.6 Å². The molecule has 37 heavy (non-hydrogen) atoms. The summed E-state index contributed by atoms with van der Waals surface area (Å²) in [5, 5.41) is 0.945. The molecule has 0 amide bonds. The first-order valence-corrected chi connectivity index (χ1v) is 12.4. The van der Waals surface area contributed by atoms with Crippen molar-refractivity contribution in [2.24, 2.45) is 0 Å². The van der Waals surface area contributed by atoms with Gasteiger partial charge in [0.15, 0.2) is 6.79 Å². The molecule has 0 unspecified atom stereocenters. The number of halogens is 2. The summed E-state index contributed by atoms with van der Waals surface area (Å²) >= 11 is 6.24. The van der Waals surface area contributed by atoms with E-state index in [0.29, 0.717) is 24.5 Å². The zero-order chi connectivity index (χ0) is 25.9. The van der Waals surface area contributed by atoms with Crippen LogP contribution in [0.5, 0.6) is 5.75 Å². The first kappa shape index (κ1) is 25.3. The van der Waals surface area contributed by atoms with Gasteiger partial charge >= 0.3 is 5.97 Å². The number of aromatic nitrogens is 1. The summed E-state index contributed by atoms with van der Waals surface area (Å²) in [5.41, 5.74) is 5.05. The van der Waals surface area contributed by atoms with E-state index in [-0.39, 0.29) is 17.7 Å². The quantitative estimate of drug-likeness (QED) is 0.198. The molecule has 0 N–H and O–H groups in total. The Morgan fingerprint density at radius 2 is 1.84 bits per heavy atom. The Morgan fingerprint density at radius 1 is 1.08 bits per heavy atom. The fourth-order valence-electron chi connectivity index (χ4n) is 5.01. The fourth-order valence-corrected chi connectivity index (χ4v) is 5.19. The number of fused-ring (bicyclic) bond motifs is 1. The molecule has 1 aliphatic rings. The first-order chi connectivity index (χ1) is 18.0. The zero-order valence-electron chi connectivity index (χ0n) is 20.6. The largest absolute Gasteiger partial charge is 0.467 e. The van der Waals surface area contributed by atoms with Gasteiger partial charge in [0.1, 0.15) is 11.6 Å². The number of benzene rings is 3. The number of hydrogen-bond acceptors (Lipinski definition) is 5. The predicted octanol–water partition coefficient (Wildman–Crippen LogP) is 6.75. The SMILES string of the molecule is COCOc1cccc2c1c(-c1ccc(C(=O)OC)cc1)c(C1CCOCC1)n2-c1ccc(F)c(Cl)c1. The molecule has 2 heterocycles. The molecule has 1 aromatic heterocycles. The number of nitrogens with zero attached hydrogens (tertiary/aromatic N) is 1. The lowest BCUT2D eigenvalue weighted by Gasteiger charge is -2.26. The molecule has 0 bridgehead atoms. The molecule has 8 heteroatoms. The van der Waals surface area contributed by atoms with Gasteiger partial charge in [0.05, 0.1) is 28.6 Å². The highest BCUT2D eigenvalue weighted by Crippen LogP contribution is 2.47. The van der Waals surface area contributed by atoms with E-state index in [9.17, 15) is 9.18 Å². The number of ether oxygens (including phenoxy) is 4. The van der Waals surface area contributed by atoms with Crippen LogP contribution in [0, 0.1) is 5.82 Å². The number of carbonyl (C=O) groups excluding carboxylic acids is 1. The van der Waals surface area contributed by atoms with Gasteiger partial charge in [0.25, 0.3) is 0 Å². The van der Waals surface area contributed by atoms with Gasteiger partial charge in [0, 0.05) is 43.2 Å². The lowest BCUT2D eigenvalue weighted by atomic mass is 9.89. The Hall–Kier alpha value is -3.39. The van der Waals surface area contributed by atoms with Crippen LogP contribution in [0.3, 0.4) is 0 Å². The van der Waals surface area contributed by atoms with E-state index in [1.54, 1.807) is 31.4 Å². The molecule has 0 aliphatic carbocycles.